The molecule has 0 amide bonds. The molecule has 2 saturated carbocycles. The molecule has 0 saturated heterocycles. The van der Waals surface area contributed by atoms with E-state index in [0.717, 1.165) is 55.4 Å². The fourth-order valence-corrected chi connectivity index (χ4v) is 7.32. The van der Waals surface area contributed by atoms with E-state index in [1.54, 1.807) is 36.4 Å². The molecule has 2 aliphatic rings. The van der Waals surface area contributed by atoms with Gasteiger partial charge in [0.15, 0.2) is 0 Å². The number of hydrogen-bond acceptors (Lipinski definition) is 4. The van der Waals surface area contributed by atoms with E-state index in [1.807, 2.05) is 0 Å². The number of carboxylic acids is 1. The summed E-state index contributed by atoms with van der Waals surface area (Å²) in [5, 5.41) is 8.58. The maximum absolute atomic E-state index is 15.3. The van der Waals surface area contributed by atoms with E-state index in [-0.39, 0.29) is 30.9 Å². The van der Waals surface area contributed by atoms with Gasteiger partial charge in [0.1, 0.15) is 17.4 Å². The zero-order chi connectivity index (χ0) is 31.3. The topological polar surface area (TPSA) is 72.8 Å². The number of esters is 1. The van der Waals surface area contributed by atoms with Crippen molar-refractivity contribution < 1.29 is 33.0 Å². The molecule has 0 radical (unpaired) electrons. The summed E-state index contributed by atoms with van der Waals surface area (Å²) in [6.45, 7) is 3.08. The van der Waals surface area contributed by atoms with Crippen molar-refractivity contribution in [1.82, 2.24) is 0 Å². The highest BCUT2D eigenvalue weighted by atomic mass is 19.1. The maximum Gasteiger partial charge on any atom is 0.306 e. The molecule has 0 heterocycles. The SMILES string of the molecule is CCCC1CCC(C2CCC(c3cc(F)c(-c4ccc(OCCCCCCOC(=O)CCC(=O)O)cc4)c(F)c3)CC2)CC1. The van der Waals surface area contributed by atoms with Gasteiger partial charge in [0.25, 0.3) is 0 Å². The summed E-state index contributed by atoms with van der Waals surface area (Å²) in [6.07, 6.45) is 15.5. The zero-order valence-corrected chi connectivity index (χ0v) is 26.3. The number of halogens is 2. The number of carboxylic acid groups (broad SMARTS) is 1. The number of carbonyl (C=O) groups is 2. The molecule has 0 aromatic heterocycles. The van der Waals surface area contributed by atoms with E-state index in [0.29, 0.717) is 24.3 Å². The third kappa shape index (κ3) is 10.3. The molecule has 1 N–H and O–H groups in total. The highest BCUT2D eigenvalue weighted by Crippen LogP contribution is 2.45. The Labute approximate surface area is 261 Å². The van der Waals surface area contributed by atoms with Gasteiger partial charge >= 0.3 is 11.9 Å². The second-order valence-electron chi connectivity index (χ2n) is 12.9. The average molecular weight is 613 g/mol. The van der Waals surface area contributed by atoms with Gasteiger partial charge in [-0.2, -0.15) is 0 Å². The first-order valence-corrected chi connectivity index (χ1v) is 16.9. The van der Waals surface area contributed by atoms with Gasteiger partial charge in [-0.25, -0.2) is 8.78 Å². The second kappa shape index (κ2) is 17.5. The van der Waals surface area contributed by atoms with Gasteiger partial charge in [0.05, 0.1) is 31.6 Å². The van der Waals surface area contributed by atoms with Crippen LogP contribution in [0, 0.1) is 29.4 Å². The van der Waals surface area contributed by atoms with E-state index in [1.165, 1.54) is 51.4 Å². The number of unbranched alkanes of at least 4 members (excludes halogenated alkanes) is 3. The van der Waals surface area contributed by atoms with Gasteiger partial charge in [-0.15, -0.1) is 0 Å². The average Bonchev–Trinajstić information content (AvgIpc) is 3.02. The molecule has 2 aliphatic carbocycles. The Morgan fingerprint density at radius 1 is 0.795 bits per heavy atom. The molecule has 0 atom stereocenters. The first-order chi connectivity index (χ1) is 21.3. The fourth-order valence-electron chi connectivity index (χ4n) is 7.32. The van der Waals surface area contributed by atoms with E-state index >= 15 is 8.78 Å². The monoisotopic (exact) mass is 612 g/mol. The van der Waals surface area contributed by atoms with Crippen molar-refractivity contribution in [2.45, 2.75) is 116 Å². The molecule has 2 aromatic rings. The van der Waals surface area contributed by atoms with E-state index in [2.05, 4.69) is 6.92 Å². The first kappa shape index (κ1) is 33.9. The normalized spacial score (nSPS) is 22.0. The third-order valence-electron chi connectivity index (χ3n) is 9.82. The highest BCUT2D eigenvalue weighted by molar-refractivity contribution is 5.76. The van der Waals surface area contributed by atoms with Crippen LogP contribution in [-0.4, -0.2) is 30.3 Å². The van der Waals surface area contributed by atoms with Gasteiger partial charge in [0, 0.05) is 0 Å². The number of aliphatic carboxylic acids is 1. The summed E-state index contributed by atoms with van der Waals surface area (Å²) < 4.78 is 41.4. The lowest BCUT2D eigenvalue weighted by Gasteiger charge is -2.38. The fraction of sp³-hybridized carbons (Fsp3) is 0.622. The summed E-state index contributed by atoms with van der Waals surface area (Å²) in [6, 6.07) is 10.0. The Hall–Kier alpha value is -2.96. The Morgan fingerprint density at radius 2 is 1.39 bits per heavy atom. The summed E-state index contributed by atoms with van der Waals surface area (Å²) >= 11 is 0. The smallest absolute Gasteiger partial charge is 0.306 e. The molecule has 2 aromatic carbocycles. The predicted molar refractivity (Wildman–Crippen MR) is 169 cm³/mol. The molecule has 0 unspecified atom stereocenters. The number of ether oxygens (including phenoxy) is 2. The summed E-state index contributed by atoms with van der Waals surface area (Å²) in [5.74, 6) is 0.922. The van der Waals surface area contributed by atoms with Gasteiger partial charge < -0.3 is 14.6 Å². The molecular weight excluding hydrogens is 562 g/mol. The number of carbonyl (C=O) groups excluding carboxylic acids is 1. The molecular formula is C37H50F2O5. The van der Waals surface area contributed by atoms with Crippen molar-refractivity contribution in [3.63, 3.8) is 0 Å². The highest BCUT2D eigenvalue weighted by Gasteiger charge is 2.31. The Morgan fingerprint density at radius 3 is 1.98 bits per heavy atom. The van der Waals surface area contributed by atoms with Crippen LogP contribution in [-0.2, 0) is 14.3 Å². The lowest BCUT2D eigenvalue weighted by molar-refractivity contribution is -0.147. The van der Waals surface area contributed by atoms with Crippen LogP contribution in [0.25, 0.3) is 11.1 Å². The van der Waals surface area contributed by atoms with Crippen LogP contribution in [0.3, 0.4) is 0 Å². The number of benzene rings is 2. The van der Waals surface area contributed by atoms with Crippen LogP contribution in [0.1, 0.15) is 121 Å². The molecule has 7 heteroatoms. The lowest BCUT2D eigenvalue weighted by atomic mass is 9.68. The van der Waals surface area contributed by atoms with Gasteiger partial charge in [0.2, 0.25) is 0 Å². The van der Waals surface area contributed by atoms with Crippen molar-refractivity contribution in [1.29, 1.82) is 0 Å². The lowest BCUT2D eigenvalue weighted by Crippen LogP contribution is -2.25. The number of rotatable bonds is 16. The predicted octanol–water partition coefficient (Wildman–Crippen LogP) is 9.86. The summed E-state index contributed by atoms with van der Waals surface area (Å²) in [4.78, 5) is 21.9. The third-order valence-corrected chi connectivity index (χ3v) is 9.82. The zero-order valence-electron chi connectivity index (χ0n) is 26.3. The largest absolute Gasteiger partial charge is 0.494 e. The van der Waals surface area contributed by atoms with Crippen LogP contribution >= 0.6 is 0 Å². The summed E-state index contributed by atoms with van der Waals surface area (Å²) in [7, 11) is 0. The second-order valence-corrected chi connectivity index (χ2v) is 12.9. The standard InChI is InChI=1S/C37H50F2O5/c1-2-7-26-8-10-27(11-9-26)28-12-14-29(15-13-28)31-24-33(38)37(34(39)25-31)30-16-18-32(19-17-30)43-22-5-3-4-6-23-44-36(42)21-20-35(40)41/h16-19,24-29H,2-15,20-23H2,1H3,(H,40,41). The first-order valence-electron chi connectivity index (χ1n) is 16.9. The van der Waals surface area contributed by atoms with Crippen LogP contribution in [0.2, 0.25) is 0 Å². The minimum atomic E-state index is -1.01. The van der Waals surface area contributed by atoms with Crippen molar-refractivity contribution >= 4 is 11.9 Å². The van der Waals surface area contributed by atoms with E-state index in [4.69, 9.17) is 14.6 Å². The Kier molecular flexibility index (Phi) is 13.5. The van der Waals surface area contributed by atoms with Crippen molar-refractivity contribution in [3.05, 3.63) is 53.6 Å². The molecule has 5 nitrogen and oxygen atoms in total. The molecule has 242 valence electrons. The van der Waals surface area contributed by atoms with Gasteiger partial charge in [-0.3, -0.25) is 9.59 Å². The van der Waals surface area contributed by atoms with E-state index in [9.17, 15) is 9.59 Å². The van der Waals surface area contributed by atoms with Gasteiger partial charge in [-0.05, 0) is 123 Å². The van der Waals surface area contributed by atoms with Crippen molar-refractivity contribution in [2.24, 2.45) is 17.8 Å². The minimum Gasteiger partial charge on any atom is -0.494 e. The van der Waals surface area contributed by atoms with E-state index < -0.39 is 23.6 Å². The Bertz CT molecular complexity index is 1160. The van der Waals surface area contributed by atoms with Crippen LogP contribution < -0.4 is 4.74 Å². The van der Waals surface area contributed by atoms with Crippen molar-refractivity contribution in [3.8, 4) is 16.9 Å². The molecule has 2 fully saturated rings. The van der Waals surface area contributed by atoms with Crippen LogP contribution in [0.5, 0.6) is 5.75 Å². The molecule has 0 aliphatic heterocycles. The molecule has 0 bridgehead atoms. The number of hydrogen-bond donors (Lipinski definition) is 1. The molecule has 44 heavy (non-hydrogen) atoms. The quantitative estimate of drug-likeness (QED) is 0.151. The van der Waals surface area contributed by atoms with Gasteiger partial charge in [-0.1, -0.05) is 44.7 Å². The van der Waals surface area contributed by atoms with Crippen molar-refractivity contribution in [2.75, 3.05) is 13.2 Å². The van der Waals surface area contributed by atoms with Crippen LogP contribution in [0.15, 0.2) is 36.4 Å². The maximum atomic E-state index is 15.3. The molecule has 0 spiro atoms. The molecule has 4 rings (SSSR count). The minimum absolute atomic E-state index is 0.0153. The summed E-state index contributed by atoms with van der Waals surface area (Å²) in [5.41, 5.74) is 1.31. The van der Waals surface area contributed by atoms with Crippen LogP contribution in [0.4, 0.5) is 8.78 Å². The Balaban J connectivity index is 1.17.